The first-order valence-electron chi connectivity index (χ1n) is 9.62. The standard InChI is InChI=1S/C20H28N4O3S/c1-13(2)16-5-7-18(8-6-16)21-20(25)17-9-11-24(12-10-17)28(26,27)19-14(3)22-23-15(19)4/h5-8,13,17H,9-12H2,1-4H3,(H,21,25)(H,22,23). The van der Waals surface area contributed by atoms with Crippen LogP contribution in [-0.2, 0) is 14.8 Å². The van der Waals surface area contributed by atoms with Crippen LogP contribution in [0.5, 0.6) is 0 Å². The second kappa shape index (κ2) is 8.05. The lowest BCUT2D eigenvalue weighted by Crippen LogP contribution is -2.41. The molecule has 0 spiro atoms. The Bertz CT molecular complexity index is 921. The number of carbonyl (C=O) groups excluding carboxylic acids is 1. The fourth-order valence-corrected chi connectivity index (χ4v) is 5.41. The van der Waals surface area contributed by atoms with E-state index < -0.39 is 10.0 Å². The lowest BCUT2D eigenvalue weighted by molar-refractivity contribution is -0.120. The predicted molar refractivity (Wildman–Crippen MR) is 109 cm³/mol. The summed E-state index contributed by atoms with van der Waals surface area (Å²) in [6.07, 6.45) is 1.01. The maximum Gasteiger partial charge on any atom is 0.246 e. The molecule has 2 N–H and O–H groups in total. The average Bonchev–Trinajstić information content (AvgIpc) is 3.01. The number of nitrogens with zero attached hydrogens (tertiary/aromatic N) is 2. The number of aromatic amines is 1. The van der Waals surface area contributed by atoms with Crippen molar-refractivity contribution in [1.29, 1.82) is 0 Å². The SMILES string of the molecule is Cc1n[nH]c(C)c1S(=O)(=O)N1CCC(C(=O)Nc2ccc(C(C)C)cc2)CC1. The van der Waals surface area contributed by atoms with E-state index in [9.17, 15) is 13.2 Å². The Morgan fingerprint density at radius 2 is 1.79 bits per heavy atom. The summed E-state index contributed by atoms with van der Waals surface area (Å²) in [7, 11) is -3.59. The number of nitrogens with one attached hydrogen (secondary N) is 2. The Balaban J connectivity index is 1.61. The average molecular weight is 405 g/mol. The first kappa shape index (κ1) is 20.5. The number of hydrogen-bond acceptors (Lipinski definition) is 4. The van der Waals surface area contributed by atoms with Crippen LogP contribution in [0.2, 0.25) is 0 Å². The Morgan fingerprint density at radius 1 is 1.18 bits per heavy atom. The minimum atomic E-state index is -3.59. The summed E-state index contributed by atoms with van der Waals surface area (Å²) in [4.78, 5) is 12.8. The maximum atomic E-state index is 12.9. The highest BCUT2D eigenvalue weighted by Gasteiger charge is 2.34. The number of aryl methyl sites for hydroxylation is 2. The molecular formula is C20H28N4O3S. The molecule has 1 aromatic heterocycles. The highest BCUT2D eigenvalue weighted by Crippen LogP contribution is 2.27. The summed E-state index contributed by atoms with van der Waals surface area (Å²) in [6, 6.07) is 7.87. The second-order valence-corrected chi connectivity index (χ2v) is 9.58. The number of sulfonamides is 1. The smallest absolute Gasteiger partial charge is 0.246 e. The van der Waals surface area contributed by atoms with Crippen LogP contribution in [0, 0.1) is 19.8 Å². The number of piperidine rings is 1. The van der Waals surface area contributed by atoms with Crippen LogP contribution in [0.1, 0.15) is 49.6 Å². The lowest BCUT2D eigenvalue weighted by Gasteiger charge is -2.30. The highest BCUT2D eigenvalue weighted by atomic mass is 32.2. The van der Waals surface area contributed by atoms with E-state index in [1.165, 1.54) is 9.87 Å². The first-order valence-corrected chi connectivity index (χ1v) is 11.1. The van der Waals surface area contributed by atoms with Crippen LogP contribution < -0.4 is 5.32 Å². The summed E-state index contributed by atoms with van der Waals surface area (Å²) in [5.74, 6) is 0.200. The van der Waals surface area contributed by atoms with Gasteiger partial charge in [-0.15, -0.1) is 0 Å². The molecule has 0 atom stereocenters. The summed E-state index contributed by atoms with van der Waals surface area (Å²) in [5.41, 5.74) is 3.01. The van der Waals surface area contributed by atoms with Crippen LogP contribution in [0.15, 0.2) is 29.2 Å². The number of carbonyl (C=O) groups is 1. The van der Waals surface area contributed by atoms with Gasteiger partial charge in [-0.25, -0.2) is 8.42 Å². The van der Waals surface area contributed by atoms with E-state index in [-0.39, 0.29) is 16.7 Å². The molecule has 0 radical (unpaired) electrons. The van der Waals surface area contributed by atoms with Crippen molar-refractivity contribution >= 4 is 21.6 Å². The highest BCUT2D eigenvalue weighted by molar-refractivity contribution is 7.89. The third kappa shape index (κ3) is 4.12. The van der Waals surface area contributed by atoms with Crippen molar-refractivity contribution in [3.63, 3.8) is 0 Å². The Hall–Kier alpha value is -2.19. The molecule has 2 aromatic rings. The summed E-state index contributed by atoms with van der Waals surface area (Å²) in [6.45, 7) is 8.30. The molecule has 1 saturated heterocycles. The largest absolute Gasteiger partial charge is 0.326 e. The third-order valence-electron chi connectivity index (χ3n) is 5.33. The number of rotatable bonds is 5. The lowest BCUT2D eigenvalue weighted by atomic mass is 9.97. The van der Waals surface area contributed by atoms with Crippen LogP contribution in [-0.4, -0.2) is 41.9 Å². The summed E-state index contributed by atoms with van der Waals surface area (Å²) < 4.78 is 27.3. The zero-order valence-corrected chi connectivity index (χ0v) is 17.6. The van der Waals surface area contributed by atoms with E-state index in [2.05, 4.69) is 29.4 Å². The molecule has 0 saturated carbocycles. The van der Waals surface area contributed by atoms with E-state index in [0.29, 0.717) is 43.2 Å². The second-order valence-electron chi connectivity index (χ2n) is 7.71. The van der Waals surface area contributed by atoms with Crippen LogP contribution in [0.25, 0.3) is 0 Å². The molecule has 0 bridgehead atoms. The molecule has 0 unspecified atom stereocenters. The third-order valence-corrected chi connectivity index (χ3v) is 7.49. The van der Waals surface area contributed by atoms with Gasteiger partial charge in [-0.05, 0) is 50.3 Å². The minimum absolute atomic E-state index is 0.0509. The van der Waals surface area contributed by atoms with Gasteiger partial charge in [0.2, 0.25) is 15.9 Å². The van der Waals surface area contributed by atoms with Crippen molar-refractivity contribution < 1.29 is 13.2 Å². The van der Waals surface area contributed by atoms with Gasteiger partial charge in [0.1, 0.15) is 4.90 Å². The van der Waals surface area contributed by atoms with E-state index in [1.54, 1.807) is 13.8 Å². The molecule has 1 aliphatic rings. The minimum Gasteiger partial charge on any atom is -0.326 e. The molecular weight excluding hydrogens is 376 g/mol. The van der Waals surface area contributed by atoms with E-state index in [4.69, 9.17) is 0 Å². The van der Waals surface area contributed by atoms with Crippen molar-refractivity contribution in [1.82, 2.24) is 14.5 Å². The van der Waals surface area contributed by atoms with Gasteiger partial charge in [-0.2, -0.15) is 9.40 Å². The number of amides is 1. The number of anilines is 1. The van der Waals surface area contributed by atoms with Crippen molar-refractivity contribution in [3.8, 4) is 0 Å². The molecule has 1 aliphatic heterocycles. The fourth-order valence-electron chi connectivity index (χ4n) is 3.60. The number of hydrogen-bond donors (Lipinski definition) is 2. The van der Waals surface area contributed by atoms with Gasteiger partial charge in [-0.1, -0.05) is 26.0 Å². The van der Waals surface area contributed by atoms with Gasteiger partial charge >= 0.3 is 0 Å². The number of benzene rings is 1. The maximum absolute atomic E-state index is 12.9. The predicted octanol–water partition coefficient (Wildman–Crippen LogP) is 3.19. The number of aromatic nitrogens is 2. The van der Waals surface area contributed by atoms with Crippen molar-refractivity contribution in [2.24, 2.45) is 5.92 Å². The first-order chi connectivity index (χ1) is 13.2. The van der Waals surface area contributed by atoms with E-state index >= 15 is 0 Å². The van der Waals surface area contributed by atoms with Crippen LogP contribution in [0.4, 0.5) is 5.69 Å². The van der Waals surface area contributed by atoms with Gasteiger partial charge in [0, 0.05) is 24.7 Å². The number of H-pyrrole nitrogens is 1. The topological polar surface area (TPSA) is 95.2 Å². The van der Waals surface area contributed by atoms with Gasteiger partial charge in [0.05, 0.1) is 11.4 Å². The Morgan fingerprint density at radius 3 is 2.29 bits per heavy atom. The van der Waals surface area contributed by atoms with Crippen molar-refractivity contribution in [2.75, 3.05) is 18.4 Å². The Kier molecular flexibility index (Phi) is 5.90. The molecule has 7 nitrogen and oxygen atoms in total. The van der Waals surface area contributed by atoms with Crippen molar-refractivity contribution in [3.05, 3.63) is 41.2 Å². The molecule has 152 valence electrons. The quantitative estimate of drug-likeness (QED) is 0.800. The Labute approximate surface area is 166 Å². The summed E-state index contributed by atoms with van der Waals surface area (Å²) >= 11 is 0. The van der Waals surface area contributed by atoms with Crippen LogP contribution >= 0.6 is 0 Å². The monoisotopic (exact) mass is 404 g/mol. The molecule has 1 fully saturated rings. The zero-order valence-electron chi connectivity index (χ0n) is 16.8. The summed E-state index contributed by atoms with van der Waals surface area (Å²) in [5, 5.41) is 9.67. The van der Waals surface area contributed by atoms with E-state index in [1.807, 2.05) is 24.3 Å². The molecule has 1 aromatic carbocycles. The van der Waals surface area contributed by atoms with Crippen LogP contribution in [0.3, 0.4) is 0 Å². The fraction of sp³-hybridized carbons (Fsp3) is 0.500. The van der Waals surface area contributed by atoms with Crippen molar-refractivity contribution in [2.45, 2.75) is 51.3 Å². The molecule has 2 heterocycles. The molecule has 8 heteroatoms. The molecule has 1 amide bonds. The van der Waals surface area contributed by atoms with Gasteiger partial charge in [-0.3, -0.25) is 9.89 Å². The molecule has 0 aliphatic carbocycles. The van der Waals surface area contributed by atoms with E-state index in [0.717, 1.165) is 5.69 Å². The zero-order chi connectivity index (χ0) is 20.5. The van der Waals surface area contributed by atoms with Gasteiger partial charge in [0.15, 0.2) is 0 Å². The normalized spacial score (nSPS) is 16.5. The van der Waals surface area contributed by atoms with Gasteiger partial charge < -0.3 is 5.32 Å². The molecule has 3 rings (SSSR count). The molecule has 28 heavy (non-hydrogen) atoms. The van der Waals surface area contributed by atoms with Gasteiger partial charge in [0.25, 0.3) is 0 Å².